The van der Waals surface area contributed by atoms with Gasteiger partial charge in [0.1, 0.15) is 0 Å². The third kappa shape index (κ3) is 3.97. The Balaban J connectivity index is 1.79. The van der Waals surface area contributed by atoms with Gasteiger partial charge in [0.2, 0.25) is 0 Å². The average Bonchev–Trinajstić information content (AvgIpc) is 3.20. The van der Waals surface area contributed by atoms with Crippen LogP contribution in [-0.4, -0.2) is 43.4 Å². The third-order valence-corrected chi connectivity index (χ3v) is 4.38. The fourth-order valence-electron chi connectivity index (χ4n) is 3.21. The van der Waals surface area contributed by atoms with Gasteiger partial charge < -0.3 is 14.4 Å². The zero-order chi connectivity index (χ0) is 16.2. The number of anilines is 1. The molecule has 1 aromatic carbocycles. The molecule has 0 aromatic heterocycles. The maximum atomic E-state index is 14.4. The summed E-state index contributed by atoms with van der Waals surface area (Å²) in [5.74, 6) is -0.574. The fourth-order valence-corrected chi connectivity index (χ4v) is 3.21. The lowest BCUT2D eigenvalue weighted by Crippen LogP contribution is -2.38. The highest BCUT2D eigenvalue weighted by molar-refractivity contribution is 5.52. The molecule has 0 spiro atoms. The first kappa shape index (κ1) is 16.1. The van der Waals surface area contributed by atoms with Crippen molar-refractivity contribution in [2.45, 2.75) is 37.9 Å². The van der Waals surface area contributed by atoms with Gasteiger partial charge in [-0.3, -0.25) is 10.1 Å². The van der Waals surface area contributed by atoms with Crippen LogP contribution in [0.2, 0.25) is 0 Å². The molecule has 0 radical (unpaired) electrons. The quantitative estimate of drug-likeness (QED) is 0.595. The zero-order valence-corrected chi connectivity index (χ0v) is 12.9. The lowest BCUT2D eigenvalue weighted by molar-refractivity contribution is -0.385. The van der Waals surface area contributed by atoms with Crippen molar-refractivity contribution in [3.8, 4) is 0 Å². The number of rotatable bonds is 6. The second-order valence-electron chi connectivity index (χ2n) is 6.07. The predicted octanol–water partition coefficient (Wildman–Crippen LogP) is 2.90. The molecule has 126 valence electrons. The first-order chi connectivity index (χ1) is 11.1. The number of nitrogens with zero attached hydrogens (tertiary/aromatic N) is 2. The van der Waals surface area contributed by atoms with Gasteiger partial charge >= 0.3 is 0 Å². The van der Waals surface area contributed by atoms with Gasteiger partial charge in [0, 0.05) is 32.4 Å². The normalized spacial score (nSPS) is 24.0. The van der Waals surface area contributed by atoms with Crippen molar-refractivity contribution in [3.63, 3.8) is 0 Å². The number of halogens is 1. The van der Waals surface area contributed by atoms with E-state index in [1.807, 2.05) is 4.90 Å². The van der Waals surface area contributed by atoms with Crippen LogP contribution in [-0.2, 0) is 9.47 Å². The number of ether oxygens (including phenoxy) is 2. The van der Waals surface area contributed by atoms with Crippen LogP contribution in [0.25, 0.3) is 0 Å². The second-order valence-corrected chi connectivity index (χ2v) is 6.07. The monoisotopic (exact) mass is 324 g/mol. The molecule has 2 atom stereocenters. The van der Waals surface area contributed by atoms with Crippen molar-refractivity contribution >= 4 is 11.4 Å². The molecule has 0 saturated carbocycles. The Morgan fingerprint density at radius 2 is 1.78 bits per heavy atom. The molecule has 0 unspecified atom stereocenters. The molecular formula is C16H21FN2O4. The van der Waals surface area contributed by atoms with Crippen LogP contribution in [0.5, 0.6) is 0 Å². The number of non-ortho nitro benzene ring substituents is 1. The predicted molar refractivity (Wildman–Crippen MR) is 83.2 cm³/mol. The van der Waals surface area contributed by atoms with Crippen molar-refractivity contribution in [1.29, 1.82) is 0 Å². The van der Waals surface area contributed by atoms with E-state index >= 15 is 0 Å². The zero-order valence-electron chi connectivity index (χ0n) is 12.9. The van der Waals surface area contributed by atoms with Gasteiger partial charge in [-0.2, -0.15) is 0 Å². The van der Waals surface area contributed by atoms with Crippen LogP contribution in [0, 0.1) is 15.9 Å². The van der Waals surface area contributed by atoms with E-state index in [1.54, 1.807) is 0 Å². The van der Waals surface area contributed by atoms with Crippen molar-refractivity contribution in [3.05, 3.63) is 34.1 Å². The number of hydrogen-bond acceptors (Lipinski definition) is 5. The summed E-state index contributed by atoms with van der Waals surface area (Å²) in [5, 5.41) is 10.8. The molecule has 2 fully saturated rings. The highest BCUT2D eigenvalue weighted by Gasteiger charge is 2.26. The van der Waals surface area contributed by atoms with Crippen molar-refractivity contribution < 1.29 is 18.8 Å². The summed E-state index contributed by atoms with van der Waals surface area (Å²) in [7, 11) is 0. The van der Waals surface area contributed by atoms with Gasteiger partial charge in [-0.1, -0.05) is 0 Å². The Morgan fingerprint density at radius 3 is 2.22 bits per heavy atom. The minimum atomic E-state index is -0.586. The summed E-state index contributed by atoms with van der Waals surface area (Å²) in [4.78, 5) is 12.1. The SMILES string of the molecule is O=[N+]([O-])c1ccc(N(C[C@H]2CCCO2)C[C@H]2CCCO2)c(F)c1. The largest absolute Gasteiger partial charge is 0.376 e. The Labute approximate surface area is 134 Å². The smallest absolute Gasteiger partial charge is 0.272 e. The Bertz CT molecular complexity index is 539. The summed E-state index contributed by atoms with van der Waals surface area (Å²) in [6.07, 6.45) is 4.09. The maximum Gasteiger partial charge on any atom is 0.272 e. The first-order valence-electron chi connectivity index (χ1n) is 8.05. The van der Waals surface area contributed by atoms with E-state index in [0.29, 0.717) is 18.8 Å². The molecule has 3 rings (SSSR count). The van der Waals surface area contributed by atoms with Gasteiger partial charge in [0.05, 0.1) is 28.9 Å². The van der Waals surface area contributed by atoms with Crippen LogP contribution in [0.1, 0.15) is 25.7 Å². The van der Waals surface area contributed by atoms with E-state index in [-0.39, 0.29) is 17.9 Å². The van der Waals surface area contributed by atoms with Crippen molar-refractivity contribution in [2.24, 2.45) is 0 Å². The summed E-state index contributed by atoms with van der Waals surface area (Å²) < 4.78 is 25.7. The molecule has 7 heteroatoms. The van der Waals surface area contributed by atoms with Crippen LogP contribution in [0.4, 0.5) is 15.8 Å². The van der Waals surface area contributed by atoms with Crippen LogP contribution in [0.15, 0.2) is 18.2 Å². The summed E-state index contributed by atoms with van der Waals surface area (Å²) in [6.45, 7) is 2.63. The van der Waals surface area contributed by atoms with Crippen molar-refractivity contribution in [1.82, 2.24) is 0 Å². The molecule has 0 amide bonds. The summed E-state index contributed by atoms with van der Waals surface area (Å²) >= 11 is 0. The lowest BCUT2D eigenvalue weighted by Gasteiger charge is -2.29. The number of nitro benzene ring substituents is 1. The molecule has 0 bridgehead atoms. The van der Waals surface area contributed by atoms with Crippen LogP contribution in [0.3, 0.4) is 0 Å². The topological polar surface area (TPSA) is 64.8 Å². The van der Waals surface area contributed by atoms with E-state index in [4.69, 9.17) is 9.47 Å². The van der Waals surface area contributed by atoms with E-state index in [1.165, 1.54) is 12.1 Å². The van der Waals surface area contributed by atoms with Crippen LogP contribution < -0.4 is 4.90 Å². The molecule has 2 aliphatic rings. The molecule has 6 nitrogen and oxygen atoms in total. The molecular weight excluding hydrogens is 303 g/mol. The van der Waals surface area contributed by atoms with Gasteiger partial charge in [-0.05, 0) is 31.7 Å². The van der Waals surface area contributed by atoms with E-state index in [0.717, 1.165) is 45.0 Å². The molecule has 2 heterocycles. The summed E-state index contributed by atoms with van der Waals surface area (Å²) in [5.41, 5.74) is 0.141. The maximum absolute atomic E-state index is 14.4. The molecule has 23 heavy (non-hydrogen) atoms. The minimum absolute atomic E-state index is 0.0750. The highest BCUT2D eigenvalue weighted by atomic mass is 19.1. The van der Waals surface area contributed by atoms with Gasteiger partial charge in [0.25, 0.3) is 5.69 Å². The van der Waals surface area contributed by atoms with E-state index < -0.39 is 10.7 Å². The summed E-state index contributed by atoms with van der Waals surface area (Å²) in [6, 6.07) is 3.81. The van der Waals surface area contributed by atoms with Gasteiger partial charge in [-0.25, -0.2) is 4.39 Å². The van der Waals surface area contributed by atoms with E-state index in [9.17, 15) is 14.5 Å². The van der Waals surface area contributed by atoms with Crippen molar-refractivity contribution in [2.75, 3.05) is 31.2 Å². The molecule has 0 N–H and O–H groups in total. The average molecular weight is 324 g/mol. The number of hydrogen-bond donors (Lipinski definition) is 0. The van der Waals surface area contributed by atoms with E-state index in [2.05, 4.69) is 0 Å². The minimum Gasteiger partial charge on any atom is -0.376 e. The Hall–Kier alpha value is -1.73. The Kier molecular flexibility index (Phi) is 5.07. The number of nitro groups is 1. The molecule has 0 aliphatic carbocycles. The van der Waals surface area contributed by atoms with Crippen LogP contribution >= 0.6 is 0 Å². The van der Waals surface area contributed by atoms with Gasteiger partial charge in [-0.15, -0.1) is 0 Å². The second kappa shape index (κ2) is 7.23. The highest BCUT2D eigenvalue weighted by Crippen LogP contribution is 2.27. The number of benzene rings is 1. The molecule has 2 saturated heterocycles. The first-order valence-corrected chi connectivity index (χ1v) is 8.05. The third-order valence-electron chi connectivity index (χ3n) is 4.38. The molecule has 2 aliphatic heterocycles. The Morgan fingerprint density at radius 1 is 1.17 bits per heavy atom. The lowest BCUT2D eigenvalue weighted by atomic mass is 10.1. The molecule has 1 aromatic rings. The van der Waals surface area contributed by atoms with Gasteiger partial charge in [0.15, 0.2) is 5.82 Å². The standard InChI is InChI=1S/C16H21FN2O4/c17-15-9-12(19(20)21)5-6-16(15)18(10-13-3-1-7-22-13)11-14-4-2-8-23-14/h5-6,9,13-14H,1-4,7-8,10-11H2/t13-,14-/m1/s1. The fraction of sp³-hybridized carbons (Fsp3) is 0.625.